The number of rotatable bonds is 1. The van der Waals surface area contributed by atoms with Crippen LogP contribution in [-0.2, 0) is 14.9 Å². The number of aliphatic imine (C=N–C) groups is 2. The molecule has 8 bridgehead atoms. The fraction of sp³-hybridized carbons (Fsp3) is 0.139. The third-order valence-corrected chi connectivity index (χ3v) is 11.1. The molecule has 48 heavy (non-hydrogen) atoms. The average Bonchev–Trinajstić information content (AvgIpc) is 3.79. The molecule has 0 spiro atoms. The van der Waals surface area contributed by atoms with Gasteiger partial charge in [0.05, 0.1) is 0 Å². The molecule has 5 heterocycles. The second-order valence-electron chi connectivity index (χ2n) is 13.1. The maximum absolute atomic E-state index is 13.5. The van der Waals surface area contributed by atoms with Crippen molar-refractivity contribution in [2.75, 3.05) is 0 Å². The van der Waals surface area contributed by atoms with Gasteiger partial charge in [0.25, 0.3) is 10.1 Å². The van der Waals surface area contributed by atoms with E-state index in [2.05, 4.69) is 15.0 Å². The molecule has 3 aliphatic rings. The van der Waals surface area contributed by atoms with Gasteiger partial charge in [-0.2, -0.15) is 8.42 Å². The Morgan fingerprint density at radius 1 is 0.625 bits per heavy atom. The summed E-state index contributed by atoms with van der Waals surface area (Å²) < 4.78 is 36.2. The first-order chi connectivity index (χ1) is 23.0. The van der Waals surface area contributed by atoms with Gasteiger partial charge in [-0.25, -0.2) is 25.0 Å². The van der Waals surface area contributed by atoms with Crippen molar-refractivity contribution in [3.8, 4) is 0 Å². The molecule has 11 nitrogen and oxygen atoms in total. The number of hydrogen-bond acceptors (Lipinski definition) is 7. The summed E-state index contributed by atoms with van der Waals surface area (Å²) in [6.07, 6.45) is 4.95. The van der Waals surface area contributed by atoms with Crippen molar-refractivity contribution < 1.29 is 13.0 Å². The van der Waals surface area contributed by atoms with Gasteiger partial charge in [0.15, 0.2) is 11.7 Å². The summed E-state index contributed by atoms with van der Waals surface area (Å²) in [4.78, 5) is 35.1. The lowest BCUT2D eigenvalue weighted by Gasteiger charge is -2.40. The van der Waals surface area contributed by atoms with Crippen molar-refractivity contribution in [2.45, 2.75) is 25.5 Å². The van der Waals surface area contributed by atoms with Crippen molar-refractivity contribution in [3.05, 3.63) is 123 Å². The van der Waals surface area contributed by atoms with Crippen LogP contribution in [0.3, 0.4) is 0 Å². The van der Waals surface area contributed by atoms with Gasteiger partial charge in [0.2, 0.25) is 0 Å². The van der Waals surface area contributed by atoms with Gasteiger partial charge in [-0.15, -0.1) is 0 Å². The van der Waals surface area contributed by atoms with Crippen molar-refractivity contribution in [2.24, 2.45) is 30.4 Å². The Kier molecular flexibility index (Phi) is 5.73. The Balaban J connectivity index is 1.49. The molecule has 0 saturated carbocycles. The van der Waals surface area contributed by atoms with Crippen LogP contribution >= 0.6 is 0 Å². The number of nitrogens with zero attached hydrogens (tertiary/aromatic N) is 5. The fourth-order valence-electron chi connectivity index (χ4n) is 7.13. The predicted octanol–water partition coefficient (Wildman–Crippen LogP) is 4.83. The monoisotopic (exact) mass is 652 g/mol. The molecule has 3 aromatic carbocycles. The fourth-order valence-corrected chi connectivity index (χ4v) is 8.62. The van der Waals surface area contributed by atoms with Gasteiger partial charge in [0, 0.05) is 43.5 Å². The minimum absolute atomic E-state index is 0.232. The van der Waals surface area contributed by atoms with E-state index >= 15 is 0 Å². The molecule has 1 unspecified atom stereocenters. The summed E-state index contributed by atoms with van der Waals surface area (Å²) in [6, 6.07) is 23.3. The minimum Gasteiger partial charge on any atom is -0.324 e. The summed E-state index contributed by atoms with van der Waals surface area (Å²) in [5, 5.41) is 3.85. The zero-order chi connectivity index (χ0) is 33.0. The molecular formula is C36H28N8O3S. The molecule has 6 aromatic rings. The van der Waals surface area contributed by atoms with Gasteiger partial charge in [0.1, 0.15) is 38.7 Å². The highest BCUT2D eigenvalue weighted by Crippen LogP contribution is 2.49. The molecule has 9 rings (SSSR count). The van der Waals surface area contributed by atoms with E-state index in [1.54, 1.807) is 32.9 Å². The maximum atomic E-state index is 13.5. The van der Waals surface area contributed by atoms with Gasteiger partial charge in [-0.3, -0.25) is 4.55 Å². The van der Waals surface area contributed by atoms with Gasteiger partial charge in [-0.1, -0.05) is 112 Å². The van der Waals surface area contributed by atoms with Gasteiger partial charge in [-0.05, 0) is 5.41 Å². The van der Waals surface area contributed by atoms with Crippen molar-refractivity contribution in [3.63, 3.8) is 0 Å². The lowest BCUT2D eigenvalue weighted by molar-refractivity contribution is 0.292. The van der Waals surface area contributed by atoms with Crippen LogP contribution in [0, 0.1) is 5.41 Å². The van der Waals surface area contributed by atoms with Gasteiger partial charge < -0.3 is 15.0 Å². The molecule has 0 fully saturated rings. The van der Waals surface area contributed by atoms with E-state index in [0.717, 1.165) is 32.7 Å². The number of fused-ring (bicyclic) bond motifs is 19. The number of benzene rings is 3. The summed E-state index contributed by atoms with van der Waals surface area (Å²) in [6.45, 7) is 5.33. The Morgan fingerprint density at radius 2 is 1.17 bits per heavy atom. The highest BCUT2D eigenvalue weighted by atomic mass is 32.2. The number of aromatic amines is 3. The number of H-pyrrole nitrogens is 3. The van der Waals surface area contributed by atoms with Crippen LogP contribution in [0.2, 0.25) is 0 Å². The van der Waals surface area contributed by atoms with E-state index in [0.29, 0.717) is 50.6 Å². The normalized spacial score (nSPS) is 18.2. The summed E-state index contributed by atoms with van der Waals surface area (Å²) in [5.74, 6) is 2.31. The number of nitrogens with one attached hydrogen (secondary N) is 3. The third kappa shape index (κ3) is 3.90. The number of aromatic nitrogens is 3. The molecule has 1 atom stereocenters. The van der Waals surface area contributed by atoms with E-state index in [4.69, 9.17) is 25.0 Å². The lowest BCUT2D eigenvalue weighted by Crippen LogP contribution is -2.50. The largest absolute Gasteiger partial charge is 0.324 e. The van der Waals surface area contributed by atoms with E-state index in [1.165, 1.54) is 6.08 Å². The molecule has 0 amide bonds. The SMILES string of the molecule is CC(C)(C)C1(S(=O)(=O)O)C=CC=c2c1c1[nH]c2=NC2=NC(=Nc3[nH]c(c4ccccc34)N=c3[nH]c(c4ccccc34)=N1)c1ccccc12. The molecule has 1 aliphatic carbocycles. The molecule has 2 aliphatic heterocycles. The Bertz CT molecular complexity index is 2870. The molecule has 4 N–H and O–H groups in total. The quantitative estimate of drug-likeness (QED) is 0.187. The highest BCUT2D eigenvalue weighted by molar-refractivity contribution is 7.87. The van der Waals surface area contributed by atoms with Gasteiger partial charge >= 0.3 is 0 Å². The molecule has 3 aromatic heterocycles. The Labute approximate surface area is 273 Å². The maximum Gasteiger partial charge on any atom is 0.279 e. The molecular weight excluding hydrogens is 625 g/mol. The van der Waals surface area contributed by atoms with Crippen LogP contribution in [0.1, 0.15) is 37.5 Å². The van der Waals surface area contributed by atoms with E-state index in [9.17, 15) is 13.0 Å². The Hall–Kier alpha value is -5.72. The van der Waals surface area contributed by atoms with E-state index < -0.39 is 20.3 Å². The zero-order valence-corrected chi connectivity index (χ0v) is 26.9. The van der Waals surface area contributed by atoms with E-state index in [-0.39, 0.29) is 5.82 Å². The zero-order valence-electron chi connectivity index (χ0n) is 26.1. The molecule has 0 saturated heterocycles. The number of hydrogen-bond donors (Lipinski definition) is 4. The van der Waals surface area contributed by atoms with E-state index in [1.807, 2.05) is 72.8 Å². The highest BCUT2D eigenvalue weighted by Gasteiger charge is 2.55. The van der Waals surface area contributed by atoms with Crippen LogP contribution in [0.4, 0.5) is 17.5 Å². The lowest BCUT2D eigenvalue weighted by atomic mass is 9.74. The smallest absolute Gasteiger partial charge is 0.279 e. The topological polar surface area (TPSA) is 164 Å². The Morgan fingerprint density at radius 3 is 1.77 bits per heavy atom. The second kappa shape index (κ2) is 9.66. The first kappa shape index (κ1) is 28.5. The second-order valence-corrected chi connectivity index (χ2v) is 14.7. The molecule has 0 radical (unpaired) electrons. The number of allylic oxidation sites excluding steroid dienone is 1. The van der Waals surface area contributed by atoms with Crippen molar-refractivity contribution in [1.29, 1.82) is 0 Å². The number of amidine groups is 2. The standard InChI is InChI=1S/C36H28N8O3S/c1-35(2,3)36(48(45,46)47)18-10-17-25-26(36)34-43-32-24-16-9-8-15-23(24)30(41-32)39-28-20-12-5-4-11-19(20)27(37-28)38-29-21-13-6-7-14-22(21)31(40-29)42-33(25)44-34/h4-18,37H,1-3H3,(H,39,41,43)(H,45,46,47)(H,38,40,42,44). The summed E-state index contributed by atoms with van der Waals surface area (Å²) in [7, 11) is -4.74. The van der Waals surface area contributed by atoms with Crippen LogP contribution in [-0.4, -0.2) is 39.6 Å². The minimum atomic E-state index is -4.74. The van der Waals surface area contributed by atoms with Crippen molar-refractivity contribution >= 4 is 66.9 Å². The average molecular weight is 653 g/mol. The third-order valence-electron chi connectivity index (χ3n) is 9.34. The van der Waals surface area contributed by atoms with Crippen LogP contribution in [0.5, 0.6) is 0 Å². The summed E-state index contributed by atoms with van der Waals surface area (Å²) >= 11 is 0. The molecule has 236 valence electrons. The first-order valence-corrected chi connectivity index (χ1v) is 16.9. The van der Waals surface area contributed by atoms with Crippen LogP contribution in [0.15, 0.2) is 110 Å². The summed E-state index contributed by atoms with van der Waals surface area (Å²) in [5.41, 5.74) is 2.23. The van der Waals surface area contributed by atoms with Crippen LogP contribution in [0.25, 0.3) is 27.6 Å². The first-order valence-electron chi connectivity index (χ1n) is 15.4. The molecule has 12 heteroatoms. The van der Waals surface area contributed by atoms with Crippen LogP contribution < -0.4 is 21.7 Å². The predicted molar refractivity (Wildman–Crippen MR) is 185 cm³/mol. The van der Waals surface area contributed by atoms with Crippen molar-refractivity contribution in [1.82, 2.24) is 15.0 Å².